The van der Waals surface area contributed by atoms with Crippen LogP contribution in [0.4, 0.5) is 0 Å². The van der Waals surface area contributed by atoms with Crippen molar-refractivity contribution in [2.24, 2.45) is 17.8 Å². The molecule has 2 rings (SSSR count). The van der Waals surface area contributed by atoms with Crippen LogP contribution in [0.5, 0.6) is 0 Å². The van der Waals surface area contributed by atoms with Gasteiger partial charge in [0.2, 0.25) is 0 Å². The third-order valence-corrected chi connectivity index (χ3v) is 4.28. The zero-order chi connectivity index (χ0) is 12.3. The molecule has 0 saturated heterocycles. The molecule has 0 aliphatic heterocycles. The lowest BCUT2D eigenvalue weighted by Crippen LogP contribution is -2.05. The molecule has 2 aliphatic carbocycles. The van der Waals surface area contributed by atoms with Crippen LogP contribution in [0.25, 0.3) is 0 Å². The van der Waals surface area contributed by atoms with Gasteiger partial charge in [0.15, 0.2) is 0 Å². The van der Waals surface area contributed by atoms with Crippen LogP contribution in [0.3, 0.4) is 0 Å². The molecular weight excluding hydrogens is 204 g/mol. The molecule has 1 saturated carbocycles. The maximum absolute atomic E-state index is 2.50. The highest BCUT2D eigenvalue weighted by molar-refractivity contribution is 5.12. The maximum Gasteiger partial charge on any atom is -0.0196 e. The molecule has 0 nitrogen and oxygen atoms in total. The average molecular weight is 230 g/mol. The van der Waals surface area contributed by atoms with Crippen molar-refractivity contribution >= 4 is 0 Å². The fourth-order valence-corrected chi connectivity index (χ4v) is 3.21. The normalized spacial score (nSPS) is 31.0. The van der Waals surface area contributed by atoms with Gasteiger partial charge < -0.3 is 0 Å². The summed E-state index contributed by atoms with van der Waals surface area (Å²) in [5.74, 6) is 2.77. The molecule has 2 aliphatic rings. The number of allylic oxidation sites excluding steroid dienone is 6. The van der Waals surface area contributed by atoms with Crippen LogP contribution in [-0.2, 0) is 0 Å². The van der Waals surface area contributed by atoms with Crippen LogP contribution in [-0.4, -0.2) is 0 Å². The second-order valence-electron chi connectivity index (χ2n) is 6.15. The summed E-state index contributed by atoms with van der Waals surface area (Å²) in [4.78, 5) is 0. The lowest BCUT2D eigenvalue weighted by atomic mass is 9.89. The molecule has 0 aromatic rings. The van der Waals surface area contributed by atoms with Gasteiger partial charge >= 0.3 is 0 Å². The minimum atomic E-state index is 0.904. The number of hydrogen-bond acceptors (Lipinski definition) is 0. The Bertz CT molecular complexity index is 339. The standard InChI is InChI=1S/C17H26/c1-13(2)5-4-6-14(3)7-9-16-11-15-8-10-17(16)12-15/h5,7-8,10,15-17H,4,6,9,11-12H2,1-3H3/b14-7+. The highest BCUT2D eigenvalue weighted by Gasteiger charge is 2.34. The van der Waals surface area contributed by atoms with Gasteiger partial charge in [-0.2, -0.15) is 0 Å². The fourth-order valence-electron chi connectivity index (χ4n) is 3.21. The summed E-state index contributed by atoms with van der Waals surface area (Å²) in [6.07, 6.45) is 16.4. The minimum Gasteiger partial charge on any atom is -0.0856 e. The summed E-state index contributed by atoms with van der Waals surface area (Å²) < 4.78 is 0. The first kappa shape index (κ1) is 12.7. The molecular formula is C17H26. The van der Waals surface area contributed by atoms with E-state index in [1.807, 2.05) is 0 Å². The molecule has 3 atom stereocenters. The van der Waals surface area contributed by atoms with Gasteiger partial charge in [0.05, 0.1) is 0 Å². The molecule has 0 radical (unpaired) electrons. The number of fused-ring (bicyclic) bond motifs is 2. The van der Waals surface area contributed by atoms with Crippen LogP contribution >= 0.6 is 0 Å². The monoisotopic (exact) mass is 230 g/mol. The zero-order valence-corrected chi connectivity index (χ0v) is 11.6. The molecule has 3 unspecified atom stereocenters. The maximum atomic E-state index is 2.50. The third-order valence-electron chi connectivity index (χ3n) is 4.28. The third kappa shape index (κ3) is 3.59. The topological polar surface area (TPSA) is 0 Å². The molecule has 1 fully saturated rings. The van der Waals surface area contributed by atoms with Crippen molar-refractivity contribution < 1.29 is 0 Å². The Hall–Kier alpha value is -0.780. The van der Waals surface area contributed by atoms with E-state index in [0.29, 0.717) is 0 Å². The first-order valence-electron chi connectivity index (χ1n) is 7.12. The van der Waals surface area contributed by atoms with Crippen LogP contribution < -0.4 is 0 Å². The molecule has 0 heteroatoms. The molecule has 0 heterocycles. The Kier molecular flexibility index (Phi) is 4.25. The minimum absolute atomic E-state index is 0.904. The number of rotatable bonds is 5. The molecule has 0 N–H and O–H groups in total. The van der Waals surface area contributed by atoms with Crippen molar-refractivity contribution in [2.75, 3.05) is 0 Å². The molecule has 94 valence electrons. The van der Waals surface area contributed by atoms with E-state index in [4.69, 9.17) is 0 Å². The zero-order valence-electron chi connectivity index (χ0n) is 11.6. The average Bonchev–Trinajstić information content (AvgIpc) is 2.87. The second kappa shape index (κ2) is 5.71. The van der Waals surface area contributed by atoms with Gasteiger partial charge in [-0.25, -0.2) is 0 Å². The summed E-state index contributed by atoms with van der Waals surface area (Å²) >= 11 is 0. The highest BCUT2D eigenvalue weighted by atomic mass is 14.4. The smallest absolute Gasteiger partial charge is 0.0196 e. The van der Waals surface area contributed by atoms with Gasteiger partial charge in [0.25, 0.3) is 0 Å². The van der Waals surface area contributed by atoms with Crippen molar-refractivity contribution in [3.63, 3.8) is 0 Å². The van der Waals surface area contributed by atoms with E-state index in [0.717, 1.165) is 17.8 Å². The lowest BCUT2D eigenvalue weighted by Gasteiger charge is -2.16. The molecule has 0 aromatic carbocycles. The Morgan fingerprint density at radius 3 is 2.53 bits per heavy atom. The van der Waals surface area contributed by atoms with Gasteiger partial charge in [0.1, 0.15) is 0 Å². The Balaban J connectivity index is 1.73. The van der Waals surface area contributed by atoms with Crippen LogP contribution in [0.1, 0.15) is 52.9 Å². The van der Waals surface area contributed by atoms with Gasteiger partial charge in [-0.3, -0.25) is 0 Å². The summed E-state index contributed by atoms with van der Waals surface area (Å²) in [5, 5.41) is 0. The van der Waals surface area contributed by atoms with Gasteiger partial charge in [-0.1, -0.05) is 35.5 Å². The van der Waals surface area contributed by atoms with Gasteiger partial charge in [-0.05, 0) is 70.6 Å². The second-order valence-corrected chi connectivity index (χ2v) is 6.15. The molecule has 0 amide bonds. The summed E-state index contributed by atoms with van der Waals surface area (Å²) in [7, 11) is 0. The van der Waals surface area contributed by atoms with E-state index in [-0.39, 0.29) is 0 Å². The van der Waals surface area contributed by atoms with E-state index < -0.39 is 0 Å². The first-order chi connectivity index (χ1) is 8.15. The quantitative estimate of drug-likeness (QED) is 0.564. The number of hydrogen-bond donors (Lipinski definition) is 0. The SMILES string of the molecule is CC(C)=CCC/C(C)=C/CC1CC2C=CC1C2. The van der Waals surface area contributed by atoms with Crippen molar-refractivity contribution in [1.29, 1.82) is 0 Å². The Morgan fingerprint density at radius 2 is 1.94 bits per heavy atom. The van der Waals surface area contributed by atoms with Crippen LogP contribution in [0.2, 0.25) is 0 Å². The lowest BCUT2D eigenvalue weighted by molar-refractivity contribution is 0.452. The van der Waals surface area contributed by atoms with Crippen molar-refractivity contribution in [3.8, 4) is 0 Å². The first-order valence-corrected chi connectivity index (χ1v) is 7.12. The predicted molar refractivity (Wildman–Crippen MR) is 75.9 cm³/mol. The van der Waals surface area contributed by atoms with Crippen molar-refractivity contribution in [3.05, 3.63) is 35.5 Å². The van der Waals surface area contributed by atoms with Crippen molar-refractivity contribution in [1.82, 2.24) is 0 Å². The predicted octanol–water partition coefficient (Wildman–Crippen LogP) is 5.28. The Labute approximate surface area is 106 Å². The van der Waals surface area contributed by atoms with E-state index in [1.54, 1.807) is 5.57 Å². The van der Waals surface area contributed by atoms with Gasteiger partial charge in [0, 0.05) is 0 Å². The van der Waals surface area contributed by atoms with E-state index in [2.05, 4.69) is 45.1 Å². The summed E-state index contributed by atoms with van der Waals surface area (Å²) in [5.41, 5.74) is 3.02. The highest BCUT2D eigenvalue weighted by Crippen LogP contribution is 2.45. The summed E-state index contributed by atoms with van der Waals surface area (Å²) in [6, 6.07) is 0. The molecule has 17 heavy (non-hydrogen) atoms. The van der Waals surface area contributed by atoms with Crippen LogP contribution in [0, 0.1) is 17.8 Å². The van der Waals surface area contributed by atoms with Gasteiger partial charge in [-0.15, -0.1) is 0 Å². The van der Waals surface area contributed by atoms with E-state index in [9.17, 15) is 0 Å². The Morgan fingerprint density at radius 1 is 1.12 bits per heavy atom. The molecule has 0 spiro atoms. The van der Waals surface area contributed by atoms with Crippen LogP contribution in [0.15, 0.2) is 35.5 Å². The molecule has 2 bridgehead atoms. The fraction of sp³-hybridized carbons (Fsp3) is 0.647. The molecule has 0 aromatic heterocycles. The largest absolute Gasteiger partial charge is 0.0856 e. The van der Waals surface area contributed by atoms with Crippen molar-refractivity contribution in [2.45, 2.75) is 52.9 Å². The van der Waals surface area contributed by atoms with E-state index >= 15 is 0 Å². The summed E-state index contributed by atoms with van der Waals surface area (Å²) in [6.45, 7) is 6.66. The van der Waals surface area contributed by atoms with E-state index in [1.165, 1.54) is 37.7 Å².